The van der Waals surface area contributed by atoms with E-state index < -0.39 is 29.6 Å². The molecule has 0 spiro atoms. The van der Waals surface area contributed by atoms with Gasteiger partial charge in [-0.05, 0) is 12.1 Å². The van der Waals surface area contributed by atoms with Crippen LogP contribution in [0, 0.1) is 5.82 Å². The molecule has 0 amide bonds. The van der Waals surface area contributed by atoms with Gasteiger partial charge >= 0.3 is 0 Å². The molecule has 0 radical (unpaired) electrons. The lowest BCUT2D eigenvalue weighted by Crippen LogP contribution is -2.19. The molecule has 15 heavy (non-hydrogen) atoms. The van der Waals surface area contributed by atoms with E-state index in [0.29, 0.717) is 0 Å². The molecule has 1 aromatic carbocycles. The van der Waals surface area contributed by atoms with Crippen LogP contribution in [0.2, 0.25) is 5.02 Å². The summed E-state index contributed by atoms with van der Waals surface area (Å²) >= 11 is 5.38. The van der Waals surface area contributed by atoms with Gasteiger partial charge in [-0.2, -0.15) is 0 Å². The Labute approximate surface area is 95.2 Å². The highest BCUT2D eigenvalue weighted by molar-refractivity contribution is 6.32. The van der Waals surface area contributed by atoms with Crippen LogP contribution in [-0.4, -0.2) is 11.5 Å². The molecule has 86 valence electrons. The predicted molar refractivity (Wildman–Crippen MR) is 53.3 cm³/mol. The van der Waals surface area contributed by atoms with E-state index >= 15 is 0 Å². The second kappa shape index (κ2) is 5.44. The average molecular weight is 262 g/mol. The molecule has 0 aliphatic heterocycles. The topological polar surface area (TPSA) is 46.2 Å². The highest BCUT2D eigenvalue weighted by atomic mass is 35.5. The molecule has 3 N–H and O–H groups in total. The molecule has 0 unspecified atom stereocenters. The van der Waals surface area contributed by atoms with Crippen LogP contribution in [0.25, 0.3) is 0 Å². The van der Waals surface area contributed by atoms with Crippen molar-refractivity contribution >= 4 is 24.0 Å². The van der Waals surface area contributed by atoms with Gasteiger partial charge in [0.2, 0.25) is 0 Å². The Hall–Kier alpha value is -0.650. The molecule has 2 nitrogen and oxygen atoms in total. The van der Waals surface area contributed by atoms with E-state index in [1.165, 1.54) is 0 Å². The lowest BCUT2D eigenvalue weighted by Gasteiger charge is -2.13. The molecule has 1 aromatic rings. The van der Waals surface area contributed by atoms with Crippen molar-refractivity contribution in [1.82, 2.24) is 0 Å². The van der Waals surface area contributed by atoms with Crippen molar-refractivity contribution in [2.75, 3.05) is 0 Å². The Balaban J connectivity index is 0.00000196. The van der Waals surface area contributed by atoms with Gasteiger partial charge < -0.3 is 10.8 Å². The van der Waals surface area contributed by atoms with E-state index in [0.717, 1.165) is 12.1 Å². The first-order valence-corrected chi connectivity index (χ1v) is 4.03. The maximum absolute atomic E-state index is 12.7. The molecule has 0 aliphatic rings. The number of hydrogen-bond acceptors (Lipinski definition) is 2. The Morgan fingerprint density at radius 2 is 1.87 bits per heavy atom. The third kappa shape index (κ3) is 3.15. The van der Waals surface area contributed by atoms with Gasteiger partial charge in [-0.1, -0.05) is 11.6 Å². The minimum atomic E-state index is -2.89. The Kier molecular flexibility index (Phi) is 5.20. The third-order valence-electron chi connectivity index (χ3n) is 1.69. The van der Waals surface area contributed by atoms with E-state index in [1.54, 1.807) is 0 Å². The largest absolute Gasteiger partial charge is 0.506 e. The maximum Gasteiger partial charge on any atom is 0.257 e. The number of benzene rings is 1. The van der Waals surface area contributed by atoms with Gasteiger partial charge in [-0.15, -0.1) is 12.4 Å². The fourth-order valence-electron chi connectivity index (χ4n) is 0.976. The first kappa shape index (κ1) is 14.3. The van der Waals surface area contributed by atoms with Crippen molar-refractivity contribution in [2.24, 2.45) is 5.73 Å². The van der Waals surface area contributed by atoms with Crippen molar-refractivity contribution in [1.29, 1.82) is 0 Å². The lowest BCUT2D eigenvalue weighted by atomic mass is 10.1. The van der Waals surface area contributed by atoms with Crippen LogP contribution < -0.4 is 5.73 Å². The van der Waals surface area contributed by atoms with E-state index in [1.807, 2.05) is 0 Å². The average Bonchev–Trinajstić information content (AvgIpc) is 2.09. The van der Waals surface area contributed by atoms with E-state index in [-0.39, 0.29) is 17.4 Å². The summed E-state index contributed by atoms with van der Waals surface area (Å²) in [5.41, 5.74) is 4.64. The van der Waals surface area contributed by atoms with Gasteiger partial charge in [-0.25, -0.2) is 13.2 Å². The second-order valence-corrected chi connectivity index (χ2v) is 3.09. The van der Waals surface area contributed by atoms with Gasteiger partial charge in [0, 0.05) is 5.56 Å². The third-order valence-corrected chi connectivity index (χ3v) is 1.98. The van der Waals surface area contributed by atoms with Crippen molar-refractivity contribution in [3.05, 3.63) is 28.5 Å². The Morgan fingerprint density at radius 1 is 1.33 bits per heavy atom. The normalized spacial score (nSPS) is 12.4. The molecule has 1 rings (SSSR count). The number of phenols is 1. The quantitative estimate of drug-likeness (QED) is 0.860. The standard InChI is InChI=1S/C8H7ClF3NO.ClH/c9-5-2-3(10)1-4(7(5)14)6(13)8(11)12;/h1-2,6,8,14H,13H2;1H/t6-;/m0./s1. The van der Waals surface area contributed by atoms with E-state index in [4.69, 9.17) is 17.3 Å². The number of rotatable bonds is 2. The second-order valence-electron chi connectivity index (χ2n) is 2.69. The number of halogens is 5. The summed E-state index contributed by atoms with van der Waals surface area (Å²) in [7, 11) is 0. The Morgan fingerprint density at radius 3 is 2.33 bits per heavy atom. The summed E-state index contributed by atoms with van der Waals surface area (Å²) in [6.45, 7) is 0. The summed E-state index contributed by atoms with van der Waals surface area (Å²) in [4.78, 5) is 0. The van der Waals surface area contributed by atoms with Crippen LogP contribution in [0.5, 0.6) is 5.75 Å². The van der Waals surface area contributed by atoms with Gasteiger partial charge in [0.15, 0.2) is 0 Å². The summed E-state index contributed by atoms with van der Waals surface area (Å²) < 4.78 is 37.0. The molecule has 0 saturated heterocycles. The van der Waals surface area contributed by atoms with Gasteiger partial charge in [0.1, 0.15) is 11.6 Å². The number of alkyl halides is 2. The first-order chi connectivity index (χ1) is 6.43. The zero-order valence-corrected chi connectivity index (χ0v) is 8.83. The molecular formula is C8H8Cl2F3NO. The van der Waals surface area contributed by atoms with Crippen LogP contribution >= 0.6 is 24.0 Å². The first-order valence-electron chi connectivity index (χ1n) is 3.65. The van der Waals surface area contributed by atoms with Crippen molar-refractivity contribution in [2.45, 2.75) is 12.5 Å². The summed E-state index contributed by atoms with van der Waals surface area (Å²) in [5, 5.41) is 8.89. The smallest absolute Gasteiger partial charge is 0.257 e. The highest BCUT2D eigenvalue weighted by Gasteiger charge is 2.22. The number of nitrogens with two attached hydrogens (primary N) is 1. The number of phenolic OH excluding ortho intramolecular Hbond substituents is 1. The zero-order chi connectivity index (χ0) is 10.9. The van der Waals surface area contributed by atoms with Crippen molar-refractivity contribution < 1.29 is 18.3 Å². The lowest BCUT2D eigenvalue weighted by molar-refractivity contribution is 0.115. The predicted octanol–water partition coefficient (Wildman–Crippen LogP) is 2.87. The minimum Gasteiger partial charge on any atom is -0.506 e. The SMILES string of the molecule is Cl.N[C@@H](c1cc(F)cc(Cl)c1O)C(F)F. The molecule has 0 heterocycles. The van der Waals surface area contributed by atoms with Crippen LogP contribution in [0.1, 0.15) is 11.6 Å². The molecular weight excluding hydrogens is 254 g/mol. The molecule has 1 atom stereocenters. The fraction of sp³-hybridized carbons (Fsp3) is 0.250. The fourth-order valence-corrected chi connectivity index (χ4v) is 1.19. The Bertz CT molecular complexity index is 349. The summed E-state index contributed by atoms with van der Waals surface area (Å²) in [6.07, 6.45) is -2.89. The highest BCUT2D eigenvalue weighted by Crippen LogP contribution is 2.33. The van der Waals surface area contributed by atoms with Crippen LogP contribution in [0.3, 0.4) is 0 Å². The van der Waals surface area contributed by atoms with Crippen molar-refractivity contribution in [3.63, 3.8) is 0 Å². The van der Waals surface area contributed by atoms with Crippen LogP contribution in [0.4, 0.5) is 13.2 Å². The molecule has 7 heteroatoms. The molecule has 0 bridgehead atoms. The minimum absolute atomic E-state index is 0. The molecule has 0 saturated carbocycles. The zero-order valence-electron chi connectivity index (χ0n) is 7.25. The maximum atomic E-state index is 12.7. The van der Waals surface area contributed by atoms with Crippen molar-refractivity contribution in [3.8, 4) is 5.75 Å². The summed E-state index contributed by atoms with van der Waals surface area (Å²) in [6, 6.07) is -0.195. The van der Waals surface area contributed by atoms with E-state index in [2.05, 4.69) is 0 Å². The monoisotopic (exact) mass is 261 g/mol. The molecule has 0 aliphatic carbocycles. The number of aromatic hydroxyl groups is 1. The summed E-state index contributed by atoms with van der Waals surface area (Å²) in [5.74, 6) is -1.43. The van der Waals surface area contributed by atoms with E-state index in [9.17, 15) is 18.3 Å². The van der Waals surface area contributed by atoms with Gasteiger partial charge in [0.05, 0.1) is 11.1 Å². The van der Waals surface area contributed by atoms with Gasteiger partial charge in [-0.3, -0.25) is 0 Å². The van der Waals surface area contributed by atoms with Crippen LogP contribution in [-0.2, 0) is 0 Å². The molecule has 0 aromatic heterocycles. The van der Waals surface area contributed by atoms with Gasteiger partial charge in [0.25, 0.3) is 6.43 Å². The molecule has 0 fully saturated rings. The number of hydrogen-bond donors (Lipinski definition) is 2. The van der Waals surface area contributed by atoms with Crippen LogP contribution in [0.15, 0.2) is 12.1 Å².